The molecule has 1 rings (SSSR count). The monoisotopic (exact) mass is 125 g/mol. The number of aryl methyl sites for hydroxylation is 1. The third-order valence-corrected chi connectivity index (χ3v) is 1.48. The van der Waals surface area contributed by atoms with Crippen LogP contribution < -0.4 is 5.84 Å². The first kappa shape index (κ1) is 6.13. The second-order valence-corrected chi connectivity index (χ2v) is 2.04. The van der Waals surface area contributed by atoms with Crippen LogP contribution in [0.1, 0.15) is 18.3 Å². The lowest BCUT2D eigenvalue weighted by Gasteiger charge is -1.93. The zero-order valence-corrected chi connectivity index (χ0v) is 5.76. The highest BCUT2D eigenvalue weighted by molar-refractivity contribution is 5.10. The molecule has 0 fully saturated rings. The molecule has 1 aromatic rings. The van der Waals surface area contributed by atoms with Crippen molar-refractivity contribution in [2.45, 2.75) is 20.3 Å². The summed E-state index contributed by atoms with van der Waals surface area (Å²) in [5, 5.41) is 0. The third-order valence-electron chi connectivity index (χ3n) is 1.48. The Kier molecular flexibility index (Phi) is 1.42. The zero-order valence-electron chi connectivity index (χ0n) is 5.76. The summed E-state index contributed by atoms with van der Waals surface area (Å²) in [5.74, 6) is 5.47. The molecule has 0 saturated carbocycles. The van der Waals surface area contributed by atoms with Crippen molar-refractivity contribution in [1.82, 2.24) is 9.66 Å². The van der Waals surface area contributed by atoms with Gasteiger partial charge in [-0.3, -0.25) is 4.68 Å². The molecule has 3 nitrogen and oxygen atoms in total. The van der Waals surface area contributed by atoms with Crippen LogP contribution in [0.2, 0.25) is 0 Å². The van der Waals surface area contributed by atoms with Gasteiger partial charge in [0.1, 0.15) is 6.33 Å². The molecular formula is C6H11N3. The van der Waals surface area contributed by atoms with E-state index in [9.17, 15) is 0 Å². The van der Waals surface area contributed by atoms with Crippen molar-refractivity contribution < 1.29 is 0 Å². The molecule has 0 atom stereocenters. The Labute approximate surface area is 54.5 Å². The number of nitrogens with zero attached hydrogens (tertiary/aromatic N) is 2. The number of rotatable bonds is 1. The van der Waals surface area contributed by atoms with E-state index >= 15 is 0 Å². The number of hydrogen-bond donors (Lipinski definition) is 1. The van der Waals surface area contributed by atoms with Gasteiger partial charge in [0.05, 0.1) is 11.4 Å². The number of imidazole rings is 1. The molecule has 1 heterocycles. The van der Waals surface area contributed by atoms with Gasteiger partial charge in [-0.1, -0.05) is 6.92 Å². The van der Waals surface area contributed by atoms with Crippen molar-refractivity contribution in [3.05, 3.63) is 17.7 Å². The zero-order chi connectivity index (χ0) is 6.85. The van der Waals surface area contributed by atoms with Crippen LogP contribution in [-0.2, 0) is 6.42 Å². The molecule has 0 radical (unpaired) electrons. The van der Waals surface area contributed by atoms with Gasteiger partial charge < -0.3 is 5.84 Å². The molecule has 0 spiro atoms. The minimum absolute atomic E-state index is 0.954. The lowest BCUT2D eigenvalue weighted by atomic mass is 10.3. The fourth-order valence-electron chi connectivity index (χ4n) is 0.808. The smallest absolute Gasteiger partial charge is 0.114 e. The molecule has 1 aromatic heterocycles. The number of aromatic nitrogens is 2. The maximum absolute atomic E-state index is 5.47. The Balaban J connectivity index is 3.04. The molecule has 9 heavy (non-hydrogen) atoms. The van der Waals surface area contributed by atoms with Crippen LogP contribution in [0.15, 0.2) is 6.33 Å². The molecule has 0 aliphatic heterocycles. The average molecular weight is 125 g/mol. The van der Waals surface area contributed by atoms with E-state index in [-0.39, 0.29) is 0 Å². The fraction of sp³-hybridized carbons (Fsp3) is 0.500. The van der Waals surface area contributed by atoms with Crippen LogP contribution in [-0.4, -0.2) is 9.66 Å². The fourth-order valence-corrected chi connectivity index (χ4v) is 0.808. The van der Waals surface area contributed by atoms with Crippen LogP contribution in [0.4, 0.5) is 0 Å². The molecule has 2 N–H and O–H groups in total. The number of nitrogens with two attached hydrogens (primary N) is 1. The molecule has 3 heteroatoms. The topological polar surface area (TPSA) is 43.8 Å². The van der Waals surface area contributed by atoms with Gasteiger partial charge in [-0.2, -0.15) is 0 Å². The normalized spacial score (nSPS) is 10.0. The molecule has 0 saturated heterocycles. The highest BCUT2D eigenvalue weighted by Crippen LogP contribution is 2.01. The van der Waals surface area contributed by atoms with Crippen molar-refractivity contribution in [2.75, 3.05) is 5.84 Å². The molecule has 0 bridgehead atoms. The Morgan fingerprint density at radius 3 is 2.67 bits per heavy atom. The first-order valence-electron chi connectivity index (χ1n) is 3.03. The maximum atomic E-state index is 5.47. The predicted octanol–water partition coefficient (Wildman–Crippen LogP) is 0.468. The van der Waals surface area contributed by atoms with Crippen molar-refractivity contribution >= 4 is 0 Å². The summed E-state index contributed by atoms with van der Waals surface area (Å²) in [4.78, 5) is 4.07. The van der Waals surface area contributed by atoms with Crippen LogP contribution in [0.25, 0.3) is 0 Å². The van der Waals surface area contributed by atoms with Gasteiger partial charge >= 0.3 is 0 Å². The number of hydrogen-bond acceptors (Lipinski definition) is 2. The molecule has 0 aromatic carbocycles. The van der Waals surface area contributed by atoms with E-state index < -0.39 is 0 Å². The van der Waals surface area contributed by atoms with Gasteiger partial charge in [-0.15, -0.1) is 0 Å². The summed E-state index contributed by atoms with van der Waals surface area (Å²) < 4.78 is 1.54. The summed E-state index contributed by atoms with van der Waals surface area (Å²) in [6.45, 7) is 4.03. The van der Waals surface area contributed by atoms with E-state index in [0.29, 0.717) is 0 Å². The lowest BCUT2D eigenvalue weighted by molar-refractivity contribution is 0.939. The second-order valence-electron chi connectivity index (χ2n) is 2.04. The van der Waals surface area contributed by atoms with E-state index in [0.717, 1.165) is 17.8 Å². The molecule has 0 aliphatic carbocycles. The van der Waals surface area contributed by atoms with Gasteiger partial charge in [0.2, 0.25) is 0 Å². The highest BCUT2D eigenvalue weighted by Gasteiger charge is 1.99. The summed E-state index contributed by atoms with van der Waals surface area (Å²) in [6.07, 6.45) is 2.59. The Morgan fingerprint density at radius 2 is 2.44 bits per heavy atom. The highest BCUT2D eigenvalue weighted by atomic mass is 15.3. The predicted molar refractivity (Wildman–Crippen MR) is 36.5 cm³/mol. The summed E-state index contributed by atoms with van der Waals surface area (Å²) in [6, 6.07) is 0. The molecule has 50 valence electrons. The molecule has 0 amide bonds. The Morgan fingerprint density at radius 1 is 1.78 bits per heavy atom. The maximum Gasteiger partial charge on any atom is 0.114 e. The quantitative estimate of drug-likeness (QED) is 0.554. The Bertz CT molecular complexity index is 202. The SMILES string of the molecule is CCc1ncn(N)c1C. The van der Waals surface area contributed by atoms with Gasteiger partial charge in [0.15, 0.2) is 0 Å². The number of nitrogen functional groups attached to an aromatic ring is 1. The van der Waals surface area contributed by atoms with Crippen LogP contribution in [0, 0.1) is 6.92 Å². The van der Waals surface area contributed by atoms with Gasteiger partial charge in [0, 0.05) is 0 Å². The largest absolute Gasteiger partial charge is 0.338 e. The summed E-state index contributed by atoms with van der Waals surface area (Å²) in [7, 11) is 0. The van der Waals surface area contributed by atoms with E-state index in [2.05, 4.69) is 11.9 Å². The van der Waals surface area contributed by atoms with Gasteiger partial charge in [-0.25, -0.2) is 4.98 Å². The minimum atomic E-state index is 0.954. The Hall–Kier alpha value is -0.990. The van der Waals surface area contributed by atoms with Crippen molar-refractivity contribution in [3.63, 3.8) is 0 Å². The first-order chi connectivity index (χ1) is 4.25. The van der Waals surface area contributed by atoms with E-state index in [1.807, 2.05) is 6.92 Å². The average Bonchev–Trinajstić information content (AvgIpc) is 2.15. The van der Waals surface area contributed by atoms with Crippen molar-refractivity contribution in [2.24, 2.45) is 0 Å². The van der Waals surface area contributed by atoms with Crippen molar-refractivity contribution in [3.8, 4) is 0 Å². The van der Waals surface area contributed by atoms with Crippen LogP contribution >= 0.6 is 0 Å². The van der Waals surface area contributed by atoms with E-state index in [4.69, 9.17) is 5.84 Å². The third kappa shape index (κ3) is 0.896. The van der Waals surface area contributed by atoms with E-state index in [1.54, 1.807) is 11.0 Å². The van der Waals surface area contributed by atoms with Crippen LogP contribution in [0.3, 0.4) is 0 Å². The molecule has 0 aliphatic rings. The summed E-state index contributed by atoms with van der Waals surface area (Å²) in [5.41, 5.74) is 2.13. The summed E-state index contributed by atoms with van der Waals surface area (Å²) >= 11 is 0. The van der Waals surface area contributed by atoms with Gasteiger partial charge in [-0.05, 0) is 13.3 Å². The van der Waals surface area contributed by atoms with Crippen LogP contribution in [0.5, 0.6) is 0 Å². The second kappa shape index (κ2) is 2.09. The van der Waals surface area contributed by atoms with Crippen molar-refractivity contribution in [1.29, 1.82) is 0 Å². The standard InChI is InChI=1S/C6H11N3/c1-3-6-5(2)9(7)4-8-6/h4H,3,7H2,1-2H3. The lowest BCUT2D eigenvalue weighted by Crippen LogP contribution is -2.08. The molecule has 0 unspecified atom stereocenters. The van der Waals surface area contributed by atoms with E-state index in [1.165, 1.54) is 0 Å². The minimum Gasteiger partial charge on any atom is -0.338 e. The first-order valence-corrected chi connectivity index (χ1v) is 3.03. The molecular weight excluding hydrogens is 114 g/mol. The van der Waals surface area contributed by atoms with Gasteiger partial charge in [0.25, 0.3) is 0 Å².